The summed E-state index contributed by atoms with van der Waals surface area (Å²) >= 11 is 0. The van der Waals surface area contributed by atoms with Crippen LogP contribution in [0.25, 0.3) is 22.2 Å². The van der Waals surface area contributed by atoms with Gasteiger partial charge in [-0.15, -0.1) is 0 Å². The molecular weight excluding hydrogens is 484 g/mol. The fourth-order valence-electron chi connectivity index (χ4n) is 5.62. The molecule has 8 heteroatoms. The Kier molecular flexibility index (Phi) is 7.32. The van der Waals surface area contributed by atoms with Crippen molar-refractivity contribution in [1.29, 1.82) is 0 Å². The molecule has 0 radical (unpaired) electrons. The lowest BCUT2D eigenvalue weighted by atomic mass is 9.78. The fraction of sp³-hybridized carbons (Fsp3) is 0.483. The number of piperidine rings is 1. The third kappa shape index (κ3) is 5.27. The Morgan fingerprint density at radius 3 is 2.54 bits per heavy atom. The van der Waals surface area contributed by atoms with Crippen molar-refractivity contribution >= 4 is 26.8 Å². The molecular formula is C29H36N4O3S. The maximum absolute atomic E-state index is 13.7. The highest BCUT2D eigenvalue weighted by molar-refractivity contribution is 7.89. The third-order valence-corrected chi connectivity index (χ3v) is 10.3. The molecule has 0 unspecified atom stereocenters. The molecule has 196 valence electrons. The third-order valence-electron chi connectivity index (χ3n) is 8.39. The van der Waals surface area contributed by atoms with Gasteiger partial charge in [0.15, 0.2) is 0 Å². The Morgan fingerprint density at radius 1 is 1.03 bits per heavy atom. The van der Waals surface area contributed by atoms with Gasteiger partial charge in [0.25, 0.3) is 5.91 Å². The average Bonchev–Trinajstić information content (AvgIpc) is 2.91. The van der Waals surface area contributed by atoms with Crippen molar-refractivity contribution in [2.45, 2.75) is 63.8 Å². The summed E-state index contributed by atoms with van der Waals surface area (Å²) in [5, 5.41) is 3.82. The lowest BCUT2D eigenvalue weighted by Gasteiger charge is -2.34. The highest BCUT2D eigenvalue weighted by Crippen LogP contribution is 2.32. The van der Waals surface area contributed by atoms with Crippen molar-refractivity contribution in [3.05, 3.63) is 54.4 Å². The average molecular weight is 521 g/mol. The van der Waals surface area contributed by atoms with Crippen LogP contribution in [0.2, 0.25) is 0 Å². The predicted molar refractivity (Wildman–Crippen MR) is 146 cm³/mol. The Bertz CT molecular complexity index is 1390. The molecule has 0 spiro atoms. The number of carbonyl (C=O) groups excluding carboxylic acids is 1. The van der Waals surface area contributed by atoms with Gasteiger partial charge in [-0.3, -0.25) is 9.78 Å². The number of nitrogens with one attached hydrogen (secondary N) is 1. The van der Waals surface area contributed by atoms with E-state index < -0.39 is 10.0 Å². The van der Waals surface area contributed by atoms with Gasteiger partial charge >= 0.3 is 0 Å². The minimum Gasteiger partial charge on any atom is -0.349 e. The summed E-state index contributed by atoms with van der Waals surface area (Å²) in [5.74, 6) is 1.26. The van der Waals surface area contributed by atoms with Gasteiger partial charge in [-0.1, -0.05) is 33.6 Å². The molecule has 1 aliphatic carbocycles. The Balaban J connectivity index is 1.57. The zero-order valence-electron chi connectivity index (χ0n) is 21.9. The molecule has 0 bridgehead atoms. The molecule has 1 aliphatic heterocycles. The van der Waals surface area contributed by atoms with Crippen molar-refractivity contribution in [1.82, 2.24) is 19.6 Å². The SMILES string of the molecule is CC1CCN(S(=O)(=O)c2ccc3nc(-c4cccnc4)cc(C(=O)N[C@@H]4CCC[C@@H](C)[C@H]4C)c3c2)CC1. The van der Waals surface area contributed by atoms with Gasteiger partial charge in [0.05, 0.1) is 21.7 Å². The van der Waals surface area contributed by atoms with Crippen LogP contribution in [0.4, 0.5) is 0 Å². The molecule has 2 fully saturated rings. The fourth-order valence-corrected chi connectivity index (χ4v) is 7.12. The molecule has 1 N–H and O–H groups in total. The summed E-state index contributed by atoms with van der Waals surface area (Å²) in [4.78, 5) is 22.9. The van der Waals surface area contributed by atoms with E-state index in [1.165, 1.54) is 6.42 Å². The summed E-state index contributed by atoms with van der Waals surface area (Å²) in [7, 11) is -3.66. The van der Waals surface area contributed by atoms with Crippen molar-refractivity contribution in [2.24, 2.45) is 17.8 Å². The van der Waals surface area contributed by atoms with Gasteiger partial charge in [0.1, 0.15) is 0 Å². The molecule has 1 saturated heterocycles. The van der Waals surface area contributed by atoms with Crippen LogP contribution < -0.4 is 5.32 Å². The van der Waals surface area contributed by atoms with Gasteiger partial charge < -0.3 is 5.32 Å². The number of fused-ring (bicyclic) bond motifs is 1. The van der Waals surface area contributed by atoms with Gasteiger partial charge in [-0.05, 0) is 73.4 Å². The van der Waals surface area contributed by atoms with Gasteiger partial charge in [-0.25, -0.2) is 13.4 Å². The van der Waals surface area contributed by atoms with E-state index in [2.05, 4.69) is 31.1 Å². The summed E-state index contributed by atoms with van der Waals surface area (Å²) < 4.78 is 28.6. The van der Waals surface area contributed by atoms with Crippen LogP contribution in [0.1, 0.15) is 63.2 Å². The quantitative estimate of drug-likeness (QED) is 0.495. The second-order valence-electron chi connectivity index (χ2n) is 10.9. The number of hydrogen-bond acceptors (Lipinski definition) is 5. The van der Waals surface area contributed by atoms with Crippen molar-refractivity contribution < 1.29 is 13.2 Å². The second kappa shape index (κ2) is 10.5. The number of hydrogen-bond donors (Lipinski definition) is 1. The number of amides is 1. The first-order valence-corrected chi connectivity index (χ1v) is 14.8. The maximum atomic E-state index is 13.7. The van der Waals surface area contributed by atoms with Crippen molar-refractivity contribution in [3.8, 4) is 11.3 Å². The van der Waals surface area contributed by atoms with E-state index in [1.807, 2.05) is 12.1 Å². The van der Waals surface area contributed by atoms with E-state index in [0.29, 0.717) is 53.0 Å². The molecule has 5 rings (SSSR count). The van der Waals surface area contributed by atoms with Crippen LogP contribution in [0.15, 0.2) is 53.7 Å². The number of nitrogens with zero attached hydrogens (tertiary/aromatic N) is 3. The lowest BCUT2D eigenvalue weighted by Crippen LogP contribution is -2.43. The van der Waals surface area contributed by atoms with E-state index in [0.717, 1.165) is 31.2 Å². The maximum Gasteiger partial charge on any atom is 0.252 e. The number of benzene rings is 1. The van der Waals surface area contributed by atoms with E-state index >= 15 is 0 Å². The summed E-state index contributed by atoms with van der Waals surface area (Å²) in [5.41, 5.74) is 2.47. The molecule has 2 aliphatic rings. The minimum absolute atomic E-state index is 0.0866. The van der Waals surface area contributed by atoms with Crippen LogP contribution in [0.3, 0.4) is 0 Å². The highest BCUT2D eigenvalue weighted by atomic mass is 32.2. The first kappa shape index (κ1) is 25.8. The monoisotopic (exact) mass is 520 g/mol. The van der Waals surface area contributed by atoms with Crippen LogP contribution in [0.5, 0.6) is 0 Å². The summed E-state index contributed by atoms with van der Waals surface area (Å²) in [6, 6.07) is 10.6. The molecule has 2 aromatic heterocycles. The second-order valence-corrected chi connectivity index (χ2v) is 12.8. The molecule has 3 heterocycles. The van der Waals surface area contributed by atoms with Gasteiger partial charge in [0, 0.05) is 42.5 Å². The Hall–Kier alpha value is -2.84. The lowest BCUT2D eigenvalue weighted by molar-refractivity contribution is 0.0892. The van der Waals surface area contributed by atoms with Crippen LogP contribution in [-0.4, -0.2) is 47.7 Å². The van der Waals surface area contributed by atoms with Gasteiger partial charge in [-0.2, -0.15) is 4.31 Å². The largest absolute Gasteiger partial charge is 0.349 e. The van der Waals surface area contributed by atoms with Crippen LogP contribution in [0, 0.1) is 17.8 Å². The van der Waals surface area contributed by atoms with Crippen LogP contribution >= 0.6 is 0 Å². The topological polar surface area (TPSA) is 92.3 Å². The summed E-state index contributed by atoms with van der Waals surface area (Å²) in [6.45, 7) is 7.63. The molecule has 3 atom stereocenters. The normalized spacial score (nSPS) is 23.7. The van der Waals surface area contributed by atoms with Crippen LogP contribution in [-0.2, 0) is 10.0 Å². The molecule has 3 aromatic rings. The Morgan fingerprint density at radius 2 is 1.81 bits per heavy atom. The van der Waals surface area contributed by atoms with E-state index in [9.17, 15) is 13.2 Å². The smallest absolute Gasteiger partial charge is 0.252 e. The highest BCUT2D eigenvalue weighted by Gasteiger charge is 2.31. The van der Waals surface area contributed by atoms with Crippen molar-refractivity contribution in [3.63, 3.8) is 0 Å². The molecule has 7 nitrogen and oxygen atoms in total. The number of sulfonamides is 1. The van der Waals surface area contributed by atoms with E-state index in [1.54, 1.807) is 41.0 Å². The molecule has 1 amide bonds. The zero-order chi connectivity index (χ0) is 26.2. The van der Waals surface area contributed by atoms with E-state index in [4.69, 9.17) is 4.98 Å². The minimum atomic E-state index is -3.66. The van der Waals surface area contributed by atoms with Crippen molar-refractivity contribution in [2.75, 3.05) is 13.1 Å². The first-order chi connectivity index (χ1) is 17.7. The predicted octanol–water partition coefficient (Wildman–Crippen LogP) is 5.27. The standard InChI is InChI=1S/C29H36N4O3S/c1-19-11-14-33(15-12-19)37(35,36)23-9-10-27-24(16-23)25(17-28(31-27)22-7-5-13-30-18-22)29(34)32-26-8-4-6-20(2)21(26)3/h5,7,9-10,13,16-21,26H,4,6,8,11-12,14-15H2,1-3H3,(H,32,34)/t20-,21-,26-/m1/s1. The molecule has 37 heavy (non-hydrogen) atoms. The van der Waals surface area contributed by atoms with E-state index in [-0.39, 0.29) is 16.8 Å². The number of aromatic nitrogens is 2. The van der Waals surface area contributed by atoms with Gasteiger partial charge in [0.2, 0.25) is 10.0 Å². The summed E-state index contributed by atoms with van der Waals surface area (Å²) in [6.07, 6.45) is 8.34. The number of pyridine rings is 2. The number of carbonyl (C=O) groups is 1. The number of rotatable bonds is 5. The Labute approximate surface area is 219 Å². The zero-order valence-corrected chi connectivity index (χ0v) is 22.7. The molecule has 1 aromatic carbocycles. The first-order valence-electron chi connectivity index (χ1n) is 13.4. The molecule has 1 saturated carbocycles.